The molecule has 0 aliphatic carbocycles. The van der Waals surface area contributed by atoms with E-state index >= 15 is 0 Å². The minimum Gasteiger partial charge on any atom is -0.489 e. The monoisotopic (exact) mass is 542 g/mol. The first-order valence-corrected chi connectivity index (χ1v) is 13.0. The summed E-state index contributed by atoms with van der Waals surface area (Å²) in [7, 11) is 0. The summed E-state index contributed by atoms with van der Waals surface area (Å²) in [6.45, 7) is 6.46. The molecule has 9 heteroatoms. The molecular weight excluding hydrogens is 516 g/mol. The Hall–Kier alpha value is -2.78. The third kappa shape index (κ3) is 5.31. The molecule has 2 aromatic carbocycles. The molecule has 0 saturated carbocycles. The lowest BCUT2D eigenvalue weighted by Crippen LogP contribution is -2.30. The van der Waals surface area contributed by atoms with Crippen LogP contribution in [0.4, 0.5) is 5.95 Å². The van der Waals surface area contributed by atoms with Crippen LogP contribution in [-0.4, -0.2) is 33.1 Å². The number of carbonyl (C=O) groups excluding carboxylic acids is 1. The lowest BCUT2D eigenvalue weighted by molar-refractivity contribution is -0.139. The molecule has 34 heavy (non-hydrogen) atoms. The molecule has 178 valence electrons. The SMILES string of the molecule is CCCSc1nc2n(n1)C(c1cc(Br)ccc1OCc1ccccc1)C(C(=O)OCC)=C(C)N2. The number of halogens is 1. The third-order valence-electron chi connectivity index (χ3n) is 5.27. The van der Waals surface area contributed by atoms with Crippen LogP contribution in [0.25, 0.3) is 0 Å². The first-order valence-electron chi connectivity index (χ1n) is 11.2. The van der Waals surface area contributed by atoms with Gasteiger partial charge in [-0.1, -0.05) is 64.9 Å². The zero-order valence-electron chi connectivity index (χ0n) is 19.4. The van der Waals surface area contributed by atoms with Crippen LogP contribution in [0.2, 0.25) is 0 Å². The number of anilines is 1. The highest BCUT2D eigenvalue weighted by Crippen LogP contribution is 2.41. The Bertz CT molecular complexity index is 1200. The molecule has 4 rings (SSSR count). The van der Waals surface area contributed by atoms with Crippen LogP contribution in [0.5, 0.6) is 5.75 Å². The molecule has 0 saturated heterocycles. The van der Waals surface area contributed by atoms with Crippen LogP contribution in [0.15, 0.2) is 69.4 Å². The quantitative estimate of drug-likeness (QED) is 0.263. The van der Waals surface area contributed by atoms with Crippen LogP contribution in [0.1, 0.15) is 44.4 Å². The topological polar surface area (TPSA) is 78.3 Å². The molecular formula is C25H27BrN4O3S. The summed E-state index contributed by atoms with van der Waals surface area (Å²) >= 11 is 5.18. The van der Waals surface area contributed by atoms with E-state index in [1.165, 1.54) is 0 Å². The summed E-state index contributed by atoms with van der Waals surface area (Å²) in [5, 5.41) is 8.66. The number of fused-ring (bicyclic) bond motifs is 1. The molecule has 2 heterocycles. The van der Waals surface area contributed by atoms with E-state index in [2.05, 4.69) is 33.2 Å². The van der Waals surface area contributed by atoms with Crippen molar-refractivity contribution in [1.82, 2.24) is 14.8 Å². The van der Waals surface area contributed by atoms with E-state index in [0.29, 0.717) is 34.7 Å². The van der Waals surface area contributed by atoms with Gasteiger partial charge in [0.15, 0.2) is 0 Å². The van der Waals surface area contributed by atoms with Crippen molar-refractivity contribution in [1.29, 1.82) is 0 Å². The molecule has 1 unspecified atom stereocenters. The van der Waals surface area contributed by atoms with Crippen molar-refractivity contribution in [3.63, 3.8) is 0 Å². The highest BCUT2D eigenvalue weighted by Gasteiger charge is 2.37. The fraction of sp³-hybridized carbons (Fsp3) is 0.320. The second kappa shape index (κ2) is 11.1. The zero-order valence-corrected chi connectivity index (χ0v) is 21.8. The van der Waals surface area contributed by atoms with Gasteiger partial charge in [-0.2, -0.15) is 4.98 Å². The Morgan fingerprint density at radius 3 is 2.74 bits per heavy atom. The van der Waals surface area contributed by atoms with Gasteiger partial charge in [-0.25, -0.2) is 9.48 Å². The molecule has 0 bridgehead atoms. The molecule has 0 fully saturated rings. The normalized spacial score (nSPS) is 15.0. The maximum Gasteiger partial charge on any atom is 0.338 e. The fourth-order valence-corrected chi connectivity index (χ4v) is 4.81. The number of nitrogens with zero attached hydrogens (tertiary/aromatic N) is 3. The van der Waals surface area contributed by atoms with E-state index in [-0.39, 0.29) is 6.61 Å². The van der Waals surface area contributed by atoms with Crippen molar-refractivity contribution in [3.8, 4) is 5.75 Å². The van der Waals surface area contributed by atoms with Crippen LogP contribution in [-0.2, 0) is 16.1 Å². The van der Waals surface area contributed by atoms with Gasteiger partial charge in [0.05, 0.1) is 12.2 Å². The molecule has 0 amide bonds. The average molecular weight is 543 g/mol. The number of carbonyl (C=O) groups is 1. The van der Waals surface area contributed by atoms with E-state index in [0.717, 1.165) is 27.8 Å². The van der Waals surface area contributed by atoms with Gasteiger partial charge in [-0.05, 0) is 44.0 Å². The molecule has 1 atom stereocenters. The Morgan fingerprint density at radius 1 is 1.21 bits per heavy atom. The minimum absolute atomic E-state index is 0.278. The summed E-state index contributed by atoms with van der Waals surface area (Å²) in [4.78, 5) is 17.8. The molecule has 7 nitrogen and oxygen atoms in total. The largest absolute Gasteiger partial charge is 0.489 e. The standard InChI is InChI=1S/C25H27BrN4O3S/c1-4-13-34-25-28-24-27-16(3)21(23(31)32-5-2)22(30(24)29-25)19-14-18(26)11-12-20(19)33-15-17-9-7-6-8-10-17/h6-12,14,22H,4-5,13,15H2,1-3H3,(H,27,28,29). The third-order valence-corrected chi connectivity index (χ3v) is 6.80. The van der Waals surface area contributed by atoms with Gasteiger partial charge in [0.25, 0.3) is 0 Å². The van der Waals surface area contributed by atoms with Crippen molar-refractivity contribution in [2.24, 2.45) is 0 Å². The van der Waals surface area contributed by atoms with Gasteiger partial charge in [-0.15, -0.1) is 5.10 Å². The maximum atomic E-state index is 13.1. The number of aromatic nitrogens is 3. The summed E-state index contributed by atoms with van der Waals surface area (Å²) < 4.78 is 14.3. The van der Waals surface area contributed by atoms with E-state index in [4.69, 9.17) is 14.6 Å². The highest BCUT2D eigenvalue weighted by molar-refractivity contribution is 9.10. The van der Waals surface area contributed by atoms with Gasteiger partial charge in [0.2, 0.25) is 11.1 Å². The highest BCUT2D eigenvalue weighted by atomic mass is 79.9. The van der Waals surface area contributed by atoms with E-state index < -0.39 is 12.0 Å². The number of benzene rings is 2. The van der Waals surface area contributed by atoms with Crippen LogP contribution < -0.4 is 10.1 Å². The second-order valence-corrected chi connectivity index (χ2v) is 9.73. The lowest BCUT2D eigenvalue weighted by atomic mass is 9.95. The van der Waals surface area contributed by atoms with Gasteiger partial charge >= 0.3 is 5.97 Å². The van der Waals surface area contributed by atoms with Crippen LogP contribution in [0, 0.1) is 0 Å². The van der Waals surface area contributed by atoms with E-state index in [9.17, 15) is 4.79 Å². The smallest absolute Gasteiger partial charge is 0.338 e. The average Bonchev–Trinajstić information content (AvgIpc) is 3.24. The molecule has 1 aliphatic rings. The van der Waals surface area contributed by atoms with Crippen molar-refractivity contribution >= 4 is 39.6 Å². The van der Waals surface area contributed by atoms with Gasteiger partial charge < -0.3 is 14.8 Å². The number of thioether (sulfide) groups is 1. The Balaban J connectivity index is 1.80. The summed E-state index contributed by atoms with van der Waals surface area (Å²) in [5.74, 6) is 1.77. The lowest BCUT2D eigenvalue weighted by Gasteiger charge is -2.29. The first kappa shape index (κ1) is 24.3. The van der Waals surface area contributed by atoms with Gasteiger partial charge in [0, 0.05) is 21.5 Å². The number of rotatable bonds is 9. The summed E-state index contributed by atoms with van der Waals surface area (Å²) in [6.07, 6.45) is 1.01. The van der Waals surface area contributed by atoms with Crippen LogP contribution >= 0.6 is 27.7 Å². The van der Waals surface area contributed by atoms with Crippen molar-refractivity contribution in [2.75, 3.05) is 17.7 Å². The second-order valence-electron chi connectivity index (χ2n) is 7.75. The number of esters is 1. The Morgan fingerprint density at radius 2 is 2.00 bits per heavy atom. The van der Waals surface area contributed by atoms with Gasteiger partial charge in [-0.3, -0.25) is 0 Å². The molecule has 1 aromatic heterocycles. The number of nitrogens with one attached hydrogen (secondary N) is 1. The summed E-state index contributed by atoms with van der Waals surface area (Å²) in [5.41, 5.74) is 3.02. The first-order chi connectivity index (χ1) is 16.5. The zero-order chi connectivity index (χ0) is 24.1. The molecule has 0 spiro atoms. The molecule has 3 aromatic rings. The van der Waals surface area contributed by atoms with E-state index in [1.54, 1.807) is 23.4 Å². The number of ether oxygens (including phenoxy) is 2. The Kier molecular flexibility index (Phi) is 7.95. The number of hydrogen-bond donors (Lipinski definition) is 1. The predicted octanol–water partition coefficient (Wildman–Crippen LogP) is 5.97. The Labute approximate surface area is 212 Å². The summed E-state index contributed by atoms with van der Waals surface area (Å²) in [6, 6.07) is 15.2. The number of allylic oxidation sites excluding steroid dienone is 1. The van der Waals surface area contributed by atoms with Gasteiger partial charge in [0.1, 0.15) is 18.4 Å². The molecule has 1 aliphatic heterocycles. The van der Waals surface area contributed by atoms with Crippen LogP contribution in [0.3, 0.4) is 0 Å². The van der Waals surface area contributed by atoms with Crippen molar-refractivity contribution < 1.29 is 14.3 Å². The maximum absolute atomic E-state index is 13.1. The fourth-order valence-electron chi connectivity index (χ4n) is 3.75. The van der Waals surface area contributed by atoms with Crippen molar-refractivity contribution in [2.45, 2.75) is 45.0 Å². The predicted molar refractivity (Wildman–Crippen MR) is 137 cm³/mol. The molecule has 1 N–H and O–H groups in total. The molecule has 0 radical (unpaired) electrons. The minimum atomic E-state index is -0.554. The van der Waals surface area contributed by atoms with Crippen molar-refractivity contribution in [3.05, 3.63) is 75.4 Å². The number of hydrogen-bond acceptors (Lipinski definition) is 7. The van der Waals surface area contributed by atoms with E-state index in [1.807, 2.05) is 55.5 Å².